The van der Waals surface area contributed by atoms with Crippen molar-refractivity contribution in [1.82, 2.24) is 5.32 Å². The van der Waals surface area contributed by atoms with Gasteiger partial charge in [-0.1, -0.05) is 12.5 Å². The molecule has 1 aliphatic carbocycles. The number of hydrogen-bond donors (Lipinski definition) is 2. The van der Waals surface area contributed by atoms with Gasteiger partial charge in [0, 0.05) is 12.1 Å². The monoisotopic (exact) mass is 307 g/mol. The van der Waals surface area contributed by atoms with Gasteiger partial charge in [-0.25, -0.2) is 4.39 Å². The SMILES string of the molecule is O=C(NCC(O)COc1ccc(F)cc1)C1=CCCCCC1. The van der Waals surface area contributed by atoms with Gasteiger partial charge in [0.15, 0.2) is 0 Å². The number of aliphatic hydroxyl groups is 1. The van der Waals surface area contributed by atoms with Crippen LogP contribution in [0.15, 0.2) is 35.9 Å². The molecule has 1 aromatic rings. The highest BCUT2D eigenvalue weighted by Crippen LogP contribution is 2.17. The Labute approximate surface area is 130 Å². The molecule has 2 N–H and O–H groups in total. The molecule has 0 saturated heterocycles. The highest BCUT2D eigenvalue weighted by Gasteiger charge is 2.13. The van der Waals surface area contributed by atoms with Crippen molar-refractivity contribution in [2.45, 2.75) is 38.2 Å². The van der Waals surface area contributed by atoms with Crippen molar-refractivity contribution in [3.8, 4) is 5.75 Å². The molecule has 0 heterocycles. The Bertz CT molecular complexity index is 513. The van der Waals surface area contributed by atoms with Crippen molar-refractivity contribution in [3.63, 3.8) is 0 Å². The Morgan fingerprint density at radius 3 is 2.82 bits per heavy atom. The van der Waals surface area contributed by atoms with Crippen LogP contribution in [0.5, 0.6) is 5.75 Å². The fourth-order valence-electron chi connectivity index (χ4n) is 2.33. The van der Waals surface area contributed by atoms with Gasteiger partial charge >= 0.3 is 0 Å². The van der Waals surface area contributed by atoms with Crippen LogP contribution in [0.3, 0.4) is 0 Å². The molecule has 0 saturated carbocycles. The Morgan fingerprint density at radius 1 is 1.27 bits per heavy atom. The van der Waals surface area contributed by atoms with E-state index in [2.05, 4.69) is 5.32 Å². The van der Waals surface area contributed by atoms with Crippen LogP contribution in [-0.2, 0) is 4.79 Å². The number of halogens is 1. The van der Waals surface area contributed by atoms with Crippen LogP contribution >= 0.6 is 0 Å². The zero-order valence-electron chi connectivity index (χ0n) is 12.6. The lowest BCUT2D eigenvalue weighted by Crippen LogP contribution is -2.36. The van der Waals surface area contributed by atoms with E-state index in [1.807, 2.05) is 6.08 Å². The molecule has 0 aromatic heterocycles. The Kier molecular flexibility index (Phi) is 6.40. The summed E-state index contributed by atoms with van der Waals surface area (Å²) in [6, 6.07) is 5.58. The molecule has 0 bridgehead atoms. The molecule has 1 aliphatic rings. The standard InChI is InChI=1S/C17H22FNO3/c18-14-7-9-16(10-8-14)22-12-15(20)11-19-17(21)13-5-3-1-2-4-6-13/h5,7-10,15,20H,1-4,6,11-12H2,(H,19,21). The maximum atomic E-state index is 12.7. The minimum absolute atomic E-state index is 0.0466. The highest BCUT2D eigenvalue weighted by atomic mass is 19.1. The summed E-state index contributed by atoms with van der Waals surface area (Å²) in [4.78, 5) is 12.0. The number of nitrogens with one attached hydrogen (secondary N) is 1. The Hall–Kier alpha value is -1.88. The predicted molar refractivity (Wildman–Crippen MR) is 82.1 cm³/mol. The number of carbonyl (C=O) groups is 1. The summed E-state index contributed by atoms with van der Waals surface area (Å²) in [7, 11) is 0. The number of rotatable bonds is 6. The molecule has 1 atom stereocenters. The molecular weight excluding hydrogens is 285 g/mol. The minimum Gasteiger partial charge on any atom is -0.491 e. The highest BCUT2D eigenvalue weighted by molar-refractivity contribution is 5.93. The second-order valence-corrected chi connectivity index (χ2v) is 5.46. The van der Waals surface area contributed by atoms with E-state index >= 15 is 0 Å². The summed E-state index contributed by atoms with van der Waals surface area (Å²) in [5, 5.41) is 12.6. The molecule has 0 spiro atoms. The van der Waals surface area contributed by atoms with Gasteiger partial charge in [-0.15, -0.1) is 0 Å². The van der Waals surface area contributed by atoms with Crippen molar-refractivity contribution >= 4 is 5.91 Å². The summed E-state index contributed by atoms with van der Waals surface area (Å²) < 4.78 is 18.1. The zero-order valence-corrected chi connectivity index (χ0v) is 12.6. The van der Waals surface area contributed by atoms with Crippen molar-refractivity contribution in [3.05, 3.63) is 41.7 Å². The van der Waals surface area contributed by atoms with Gasteiger partial charge in [-0.05, 0) is 49.9 Å². The molecule has 5 heteroatoms. The van der Waals surface area contributed by atoms with Crippen LogP contribution in [0.1, 0.15) is 32.1 Å². The van der Waals surface area contributed by atoms with E-state index in [0.29, 0.717) is 5.75 Å². The third-order valence-corrected chi connectivity index (χ3v) is 3.59. The fraction of sp³-hybridized carbons (Fsp3) is 0.471. The lowest BCUT2D eigenvalue weighted by Gasteiger charge is -2.14. The van der Waals surface area contributed by atoms with E-state index in [9.17, 15) is 14.3 Å². The third kappa shape index (κ3) is 5.48. The molecule has 22 heavy (non-hydrogen) atoms. The minimum atomic E-state index is -0.805. The quantitative estimate of drug-likeness (QED) is 0.849. The fourth-order valence-corrected chi connectivity index (χ4v) is 2.33. The number of ether oxygens (including phenoxy) is 1. The van der Waals surface area contributed by atoms with Crippen LogP contribution in [0.25, 0.3) is 0 Å². The van der Waals surface area contributed by atoms with Gasteiger partial charge in [-0.3, -0.25) is 4.79 Å². The molecule has 0 fully saturated rings. The predicted octanol–water partition coefficient (Wildman–Crippen LogP) is 2.57. The van der Waals surface area contributed by atoms with Crippen molar-refractivity contribution in [2.75, 3.05) is 13.2 Å². The topological polar surface area (TPSA) is 58.6 Å². The molecule has 4 nitrogen and oxygen atoms in total. The summed E-state index contributed by atoms with van der Waals surface area (Å²) >= 11 is 0. The smallest absolute Gasteiger partial charge is 0.246 e. The summed E-state index contributed by atoms with van der Waals surface area (Å²) in [6.07, 6.45) is 6.25. The van der Waals surface area contributed by atoms with Crippen molar-refractivity contribution < 1.29 is 19.0 Å². The number of benzene rings is 1. The number of aliphatic hydroxyl groups excluding tert-OH is 1. The average Bonchev–Trinajstić information content (AvgIpc) is 2.81. The maximum Gasteiger partial charge on any atom is 0.246 e. The first-order chi connectivity index (χ1) is 10.6. The van der Waals surface area contributed by atoms with Crippen LogP contribution < -0.4 is 10.1 Å². The number of allylic oxidation sites excluding steroid dienone is 1. The lowest BCUT2D eigenvalue weighted by molar-refractivity contribution is -0.118. The van der Waals surface area contributed by atoms with Gasteiger partial charge in [0.05, 0.1) is 0 Å². The zero-order chi connectivity index (χ0) is 15.8. The van der Waals surface area contributed by atoms with Crippen molar-refractivity contribution in [1.29, 1.82) is 0 Å². The second kappa shape index (κ2) is 8.54. The molecule has 1 amide bonds. The number of carbonyl (C=O) groups excluding carboxylic acids is 1. The maximum absolute atomic E-state index is 12.7. The van der Waals surface area contributed by atoms with E-state index in [1.54, 1.807) is 0 Å². The number of amides is 1. The van der Waals surface area contributed by atoms with E-state index in [1.165, 1.54) is 24.3 Å². The molecule has 0 aliphatic heterocycles. The lowest BCUT2D eigenvalue weighted by atomic mass is 10.1. The summed E-state index contributed by atoms with van der Waals surface area (Å²) in [6.45, 7) is 0.183. The molecule has 1 aromatic carbocycles. The second-order valence-electron chi connectivity index (χ2n) is 5.46. The molecule has 0 radical (unpaired) electrons. The first kappa shape index (κ1) is 16.5. The van der Waals surface area contributed by atoms with E-state index in [4.69, 9.17) is 4.74 Å². The molecule has 120 valence electrons. The van der Waals surface area contributed by atoms with E-state index in [-0.39, 0.29) is 24.9 Å². The molecular formula is C17H22FNO3. The molecule has 2 rings (SSSR count). The third-order valence-electron chi connectivity index (χ3n) is 3.59. The van der Waals surface area contributed by atoms with Crippen LogP contribution in [0, 0.1) is 5.82 Å². The van der Waals surface area contributed by atoms with E-state index in [0.717, 1.165) is 37.7 Å². The van der Waals surface area contributed by atoms with Crippen LogP contribution in [0.4, 0.5) is 4.39 Å². The first-order valence-corrected chi connectivity index (χ1v) is 7.69. The van der Waals surface area contributed by atoms with Gasteiger partial charge in [-0.2, -0.15) is 0 Å². The molecule has 1 unspecified atom stereocenters. The first-order valence-electron chi connectivity index (χ1n) is 7.69. The van der Waals surface area contributed by atoms with Gasteiger partial charge in [0.25, 0.3) is 0 Å². The van der Waals surface area contributed by atoms with Crippen LogP contribution in [-0.4, -0.2) is 30.3 Å². The normalized spacial score (nSPS) is 16.4. The number of hydrogen-bond acceptors (Lipinski definition) is 3. The van der Waals surface area contributed by atoms with Crippen LogP contribution in [0.2, 0.25) is 0 Å². The van der Waals surface area contributed by atoms with Gasteiger partial charge < -0.3 is 15.2 Å². The Morgan fingerprint density at radius 2 is 2.05 bits per heavy atom. The van der Waals surface area contributed by atoms with Gasteiger partial charge in [0.2, 0.25) is 5.91 Å². The average molecular weight is 307 g/mol. The van der Waals surface area contributed by atoms with E-state index < -0.39 is 6.10 Å². The Balaban J connectivity index is 1.70. The van der Waals surface area contributed by atoms with Gasteiger partial charge in [0.1, 0.15) is 24.3 Å². The summed E-state index contributed by atoms with van der Waals surface area (Å²) in [5.41, 5.74) is 0.809. The summed E-state index contributed by atoms with van der Waals surface area (Å²) in [5.74, 6) is 0.0397. The van der Waals surface area contributed by atoms with Crippen molar-refractivity contribution in [2.24, 2.45) is 0 Å². The largest absolute Gasteiger partial charge is 0.491 e.